The quantitative estimate of drug-likeness (QED) is 0.442. The van der Waals surface area contributed by atoms with Crippen LogP contribution in [0.4, 0.5) is 0 Å². The molecule has 0 unspecified atom stereocenters. The van der Waals surface area contributed by atoms with E-state index >= 15 is 0 Å². The summed E-state index contributed by atoms with van der Waals surface area (Å²) in [6.07, 6.45) is 13.3. The number of hydrogen-bond acceptors (Lipinski definition) is 2. The summed E-state index contributed by atoms with van der Waals surface area (Å²) in [5, 5.41) is 0. The van der Waals surface area contributed by atoms with E-state index in [0.29, 0.717) is 0 Å². The fraction of sp³-hybridized carbons (Fsp3) is 0.727. The number of benzene rings is 1. The van der Waals surface area contributed by atoms with Crippen LogP contribution < -0.4 is 0 Å². The lowest BCUT2D eigenvalue weighted by molar-refractivity contribution is 0.390. The van der Waals surface area contributed by atoms with Crippen LogP contribution in [-0.2, 0) is 12.8 Å². The molecule has 0 heterocycles. The van der Waals surface area contributed by atoms with Gasteiger partial charge in [0.1, 0.15) is 0 Å². The summed E-state index contributed by atoms with van der Waals surface area (Å²) in [6, 6.07) is 9.39. The molecule has 2 heteroatoms. The largest absolute Gasteiger partial charge is 0.309 e. The molecule has 0 saturated heterocycles. The minimum Gasteiger partial charge on any atom is -0.309 e. The van der Waals surface area contributed by atoms with Crippen LogP contribution in [-0.4, -0.2) is 51.1 Å². The summed E-state index contributed by atoms with van der Waals surface area (Å²) < 4.78 is 0. The Labute approximate surface area is 151 Å². The molecule has 0 fully saturated rings. The van der Waals surface area contributed by atoms with Gasteiger partial charge >= 0.3 is 0 Å². The highest BCUT2D eigenvalue weighted by Gasteiger charge is 1.98. The highest BCUT2D eigenvalue weighted by molar-refractivity contribution is 5.22. The van der Waals surface area contributed by atoms with Gasteiger partial charge in [-0.3, -0.25) is 0 Å². The zero-order valence-electron chi connectivity index (χ0n) is 16.7. The first-order chi connectivity index (χ1) is 11.6. The maximum Gasteiger partial charge on any atom is -0.00248 e. The molecular formula is C22H40N2. The molecule has 0 radical (unpaired) electrons. The van der Waals surface area contributed by atoms with E-state index in [1.165, 1.54) is 88.4 Å². The first-order valence-electron chi connectivity index (χ1n) is 9.95. The lowest BCUT2D eigenvalue weighted by Gasteiger charge is -2.09. The molecule has 0 aliphatic carbocycles. The van der Waals surface area contributed by atoms with Crippen LogP contribution >= 0.6 is 0 Å². The van der Waals surface area contributed by atoms with Crippen molar-refractivity contribution < 1.29 is 0 Å². The molecule has 138 valence electrons. The van der Waals surface area contributed by atoms with Gasteiger partial charge in [0.2, 0.25) is 0 Å². The average molecular weight is 333 g/mol. The van der Waals surface area contributed by atoms with Crippen molar-refractivity contribution in [3.63, 3.8) is 0 Å². The molecular weight excluding hydrogens is 292 g/mol. The topological polar surface area (TPSA) is 6.48 Å². The zero-order chi connectivity index (χ0) is 17.6. The van der Waals surface area contributed by atoms with E-state index in [0.717, 1.165) is 0 Å². The van der Waals surface area contributed by atoms with Crippen molar-refractivity contribution in [3.05, 3.63) is 35.4 Å². The highest BCUT2D eigenvalue weighted by Crippen LogP contribution is 2.12. The Bertz CT molecular complexity index is 356. The third kappa shape index (κ3) is 11.6. The standard InChI is InChI=1S/C22H40N2/c1-23(2)19-11-7-5-9-13-21-15-17-22(18-16-21)14-10-6-8-12-20-24(3)4/h15-18H,5-14,19-20H2,1-4H3. The lowest BCUT2D eigenvalue weighted by atomic mass is 10.0. The number of unbranched alkanes of at least 4 members (excludes halogenated alkanes) is 6. The molecule has 0 spiro atoms. The molecule has 1 aromatic rings. The summed E-state index contributed by atoms with van der Waals surface area (Å²) in [4.78, 5) is 4.56. The first kappa shape index (κ1) is 21.2. The third-order valence-electron chi connectivity index (χ3n) is 4.66. The second kappa shape index (κ2) is 13.4. The molecule has 1 aromatic carbocycles. The zero-order valence-corrected chi connectivity index (χ0v) is 16.7. The number of rotatable bonds is 14. The smallest absolute Gasteiger partial charge is 0.00248 e. The lowest BCUT2D eigenvalue weighted by Crippen LogP contribution is -2.12. The Kier molecular flexibility index (Phi) is 11.9. The fourth-order valence-electron chi connectivity index (χ4n) is 3.09. The van der Waals surface area contributed by atoms with Gasteiger partial charge < -0.3 is 9.80 Å². The molecule has 1 rings (SSSR count). The SMILES string of the molecule is CN(C)CCCCCCc1ccc(CCCCCCN(C)C)cc1. The molecule has 0 aliphatic rings. The Morgan fingerprint density at radius 1 is 0.500 bits per heavy atom. The Morgan fingerprint density at radius 2 is 0.833 bits per heavy atom. The Morgan fingerprint density at radius 3 is 1.17 bits per heavy atom. The summed E-state index contributed by atoms with van der Waals surface area (Å²) >= 11 is 0. The third-order valence-corrected chi connectivity index (χ3v) is 4.66. The summed E-state index contributed by atoms with van der Waals surface area (Å²) in [5.41, 5.74) is 3.02. The van der Waals surface area contributed by atoms with Crippen LogP contribution in [0.15, 0.2) is 24.3 Å². The van der Waals surface area contributed by atoms with Crippen LogP contribution in [0.5, 0.6) is 0 Å². The monoisotopic (exact) mass is 332 g/mol. The van der Waals surface area contributed by atoms with Crippen molar-refractivity contribution in [3.8, 4) is 0 Å². The molecule has 0 aromatic heterocycles. The van der Waals surface area contributed by atoms with Crippen LogP contribution in [0.25, 0.3) is 0 Å². The van der Waals surface area contributed by atoms with Gasteiger partial charge in [0.15, 0.2) is 0 Å². The highest BCUT2D eigenvalue weighted by atomic mass is 15.0. The minimum absolute atomic E-state index is 1.23. The van der Waals surface area contributed by atoms with Crippen LogP contribution in [0.2, 0.25) is 0 Å². The van der Waals surface area contributed by atoms with Gasteiger partial charge in [-0.1, -0.05) is 49.9 Å². The van der Waals surface area contributed by atoms with Gasteiger partial charge in [0.25, 0.3) is 0 Å². The van der Waals surface area contributed by atoms with Gasteiger partial charge in [-0.15, -0.1) is 0 Å². The maximum absolute atomic E-state index is 2.35. The first-order valence-corrected chi connectivity index (χ1v) is 9.95. The van der Waals surface area contributed by atoms with Crippen molar-refractivity contribution in [1.29, 1.82) is 0 Å². The summed E-state index contributed by atoms with van der Waals surface area (Å²) in [6.45, 7) is 2.45. The van der Waals surface area contributed by atoms with Crippen LogP contribution in [0.3, 0.4) is 0 Å². The second-order valence-electron chi connectivity index (χ2n) is 7.75. The van der Waals surface area contributed by atoms with E-state index in [9.17, 15) is 0 Å². The van der Waals surface area contributed by atoms with Crippen LogP contribution in [0, 0.1) is 0 Å². The van der Waals surface area contributed by atoms with Crippen molar-refractivity contribution in [2.24, 2.45) is 0 Å². The van der Waals surface area contributed by atoms with Crippen molar-refractivity contribution in [2.75, 3.05) is 41.3 Å². The van der Waals surface area contributed by atoms with E-state index < -0.39 is 0 Å². The number of hydrogen-bond donors (Lipinski definition) is 0. The molecule has 0 bridgehead atoms. The molecule has 24 heavy (non-hydrogen) atoms. The summed E-state index contributed by atoms with van der Waals surface area (Å²) in [5.74, 6) is 0. The minimum atomic E-state index is 1.23. The summed E-state index contributed by atoms with van der Waals surface area (Å²) in [7, 11) is 8.63. The van der Waals surface area contributed by atoms with E-state index in [2.05, 4.69) is 62.3 Å². The average Bonchev–Trinajstić information content (AvgIpc) is 2.54. The predicted molar refractivity (Wildman–Crippen MR) is 108 cm³/mol. The van der Waals surface area contributed by atoms with E-state index in [1.54, 1.807) is 0 Å². The normalized spacial score (nSPS) is 11.6. The molecule has 0 aliphatic heterocycles. The number of aryl methyl sites for hydroxylation is 2. The van der Waals surface area contributed by atoms with E-state index in [4.69, 9.17) is 0 Å². The van der Waals surface area contributed by atoms with Gasteiger partial charge in [-0.05, 0) is 90.9 Å². The predicted octanol–water partition coefficient (Wildman–Crippen LogP) is 5.02. The molecule has 0 atom stereocenters. The Hall–Kier alpha value is -0.860. The van der Waals surface area contributed by atoms with Gasteiger partial charge in [0.05, 0.1) is 0 Å². The van der Waals surface area contributed by atoms with Crippen molar-refractivity contribution in [2.45, 2.75) is 64.2 Å². The van der Waals surface area contributed by atoms with Gasteiger partial charge in [0, 0.05) is 0 Å². The molecule has 0 saturated carbocycles. The van der Waals surface area contributed by atoms with Crippen LogP contribution in [0.1, 0.15) is 62.5 Å². The van der Waals surface area contributed by atoms with Crippen molar-refractivity contribution >= 4 is 0 Å². The maximum atomic E-state index is 2.35. The van der Waals surface area contributed by atoms with Crippen molar-refractivity contribution in [1.82, 2.24) is 9.80 Å². The Balaban J connectivity index is 2.06. The molecule has 2 nitrogen and oxygen atoms in total. The second-order valence-corrected chi connectivity index (χ2v) is 7.75. The van der Waals surface area contributed by atoms with Gasteiger partial charge in [-0.2, -0.15) is 0 Å². The van der Waals surface area contributed by atoms with E-state index in [-0.39, 0.29) is 0 Å². The van der Waals surface area contributed by atoms with Gasteiger partial charge in [-0.25, -0.2) is 0 Å². The molecule has 0 amide bonds. The van der Waals surface area contributed by atoms with E-state index in [1.807, 2.05) is 0 Å². The fourth-order valence-corrected chi connectivity index (χ4v) is 3.09. The number of nitrogens with zero attached hydrogens (tertiary/aromatic N) is 2. The molecule has 0 N–H and O–H groups in total.